The maximum absolute atomic E-state index is 6.47. The highest BCUT2D eigenvalue weighted by molar-refractivity contribution is 5.95. The van der Waals surface area contributed by atoms with Crippen LogP contribution in [0.2, 0.25) is 0 Å². The standard InChI is InChI=1S/C18H18N8/c19-9-3-23-13-5(9)1-7-11(21)17(25-15(7)13)18-12(22)8-2-6-10(20)4-24-14(6)16(8)26-18/h3-4,23-26H,1-2,19-22H2. The highest BCUT2D eigenvalue weighted by Gasteiger charge is 2.32. The van der Waals surface area contributed by atoms with Crippen LogP contribution in [-0.2, 0) is 12.8 Å². The Morgan fingerprint density at radius 1 is 0.538 bits per heavy atom. The number of H-pyrrole nitrogens is 4. The van der Waals surface area contributed by atoms with Crippen LogP contribution in [0.5, 0.6) is 0 Å². The summed E-state index contributed by atoms with van der Waals surface area (Å²) in [5.41, 5.74) is 37.9. The third-order valence-electron chi connectivity index (χ3n) is 5.79. The van der Waals surface area contributed by atoms with E-state index in [1.165, 1.54) is 0 Å². The van der Waals surface area contributed by atoms with Gasteiger partial charge in [0.25, 0.3) is 0 Å². The van der Waals surface area contributed by atoms with E-state index in [2.05, 4.69) is 19.9 Å². The SMILES string of the molecule is Nc1c[nH]c2c1Cc1c-2[nH]c(-c2[nH]c3c(c2N)Cc2c(N)c[nH]c2-3)c1N. The van der Waals surface area contributed by atoms with Crippen molar-refractivity contribution in [3.63, 3.8) is 0 Å². The van der Waals surface area contributed by atoms with Crippen molar-refractivity contribution in [1.29, 1.82) is 0 Å². The van der Waals surface area contributed by atoms with Gasteiger partial charge in [-0.3, -0.25) is 0 Å². The number of aromatic nitrogens is 4. The molecule has 0 unspecified atom stereocenters. The number of fused-ring (bicyclic) bond motifs is 6. The van der Waals surface area contributed by atoms with E-state index < -0.39 is 0 Å². The molecule has 0 atom stereocenters. The van der Waals surface area contributed by atoms with Crippen molar-refractivity contribution in [1.82, 2.24) is 19.9 Å². The van der Waals surface area contributed by atoms with Gasteiger partial charge in [-0.25, -0.2) is 0 Å². The van der Waals surface area contributed by atoms with Gasteiger partial charge in [-0.05, 0) is 0 Å². The van der Waals surface area contributed by atoms with Crippen molar-refractivity contribution in [3.05, 3.63) is 34.6 Å². The lowest BCUT2D eigenvalue weighted by molar-refractivity contribution is 1.28. The minimum Gasteiger partial charge on any atom is -0.397 e. The van der Waals surface area contributed by atoms with Gasteiger partial charge in [-0.15, -0.1) is 0 Å². The van der Waals surface area contributed by atoms with E-state index >= 15 is 0 Å². The Labute approximate surface area is 148 Å². The van der Waals surface area contributed by atoms with Gasteiger partial charge >= 0.3 is 0 Å². The van der Waals surface area contributed by atoms with Crippen LogP contribution < -0.4 is 22.9 Å². The molecule has 0 amide bonds. The summed E-state index contributed by atoms with van der Waals surface area (Å²) in [6, 6.07) is 0. The Balaban J connectivity index is 1.53. The quantitative estimate of drug-likeness (QED) is 0.228. The van der Waals surface area contributed by atoms with Crippen LogP contribution >= 0.6 is 0 Å². The Hall–Kier alpha value is -3.68. The third-order valence-corrected chi connectivity index (χ3v) is 5.79. The first-order valence-corrected chi connectivity index (χ1v) is 8.47. The van der Waals surface area contributed by atoms with Crippen LogP contribution in [0.4, 0.5) is 22.7 Å². The molecule has 0 radical (unpaired) electrons. The molecule has 0 fully saturated rings. The molecule has 0 saturated carbocycles. The van der Waals surface area contributed by atoms with Crippen LogP contribution in [0.15, 0.2) is 12.4 Å². The Bertz CT molecular complexity index is 1130. The number of nitrogens with two attached hydrogens (primary N) is 4. The van der Waals surface area contributed by atoms with Gasteiger partial charge in [-0.2, -0.15) is 0 Å². The van der Waals surface area contributed by atoms with Gasteiger partial charge in [0.1, 0.15) is 0 Å². The summed E-state index contributed by atoms with van der Waals surface area (Å²) in [7, 11) is 0. The van der Waals surface area contributed by atoms with E-state index in [0.717, 1.165) is 80.6 Å². The maximum atomic E-state index is 6.47. The zero-order chi connectivity index (χ0) is 17.7. The first-order chi connectivity index (χ1) is 12.5. The molecule has 0 saturated heterocycles. The molecule has 26 heavy (non-hydrogen) atoms. The predicted molar refractivity (Wildman–Crippen MR) is 103 cm³/mol. The lowest BCUT2D eigenvalue weighted by atomic mass is 10.1. The van der Waals surface area contributed by atoms with Gasteiger partial charge in [0.05, 0.1) is 56.9 Å². The smallest absolute Gasteiger partial charge is 0.0882 e. The fourth-order valence-electron chi connectivity index (χ4n) is 4.41. The van der Waals surface area contributed by atoms with E-state index in [-0.39, 0.29) is 0 Å². The Kier molecular flexibility index (Phi) is 2.15. The summed E-state index contributed by atoms with van der Waals surface area (Å²) in [5.74, 6) is 0. The zero-order valence-electron chi connectivity index (χ0n) is 13.9. The fraction of sp³-hybridized carbons (Fsp3) is 0.111. The van der Waals surface area contributed by atoms with Gasteiger partial charge < -0.3 is 42.9 Å². The van der Waals surface area contributed by atoms with E-state index in [9.17, 15) is 0 Å². The number of hydrogen-bond donors (Lipinski definition) is 8. The molecule has 2 aliphatic rings. The molecule has 8 nitrogen and oxygen atoms in total. The van der Waals surface area contributed by atoms with Crippen LogP contribution in [0, 0.1) is 0 Å². The number of aromatic amines is 4. The van der Waals surface area contributed by atoms with Crippen LogP contribution in [0.25, 0.3) is 34.2 Å². The molecule has 6 rings (SSSR count). The van der Waals surface area contributed by atoms with E-state index in [1.807, 2.05) is 12.4 Å². The molecule has 0 aliphatic heterocycles. The molecular weight excluding hydrogens is 328 g/mol. The van der Waals surface area contributed by atoms with Gasteiger partial charge in [0.2, 0.25) is 0 Å². The molecule has 0 spiro atoms. The van der Waals surface area contributed by atoms with Crippen molar-refractivity contribution in [2.45, 2.75) is 12.8 Å². The minimum atomic E-state index is 0.710. The molecule has 8 heteroatoms. The van der Waals surface area contributed by atoms with E-state index in [1.54, 1.807) is 0 Å². The van der Waals surface area contributed by atoms with Gasteiger partial charge in [0.15, 0.2) is 0 Å². The molecule has 4 heterocycles. The number of nitrogens with one attached hydrogen (secondary N) is 4. The fourth-order valence-corrected chi connectivity index (χ4v) is 4.41. The molecule has 4 aromatic heterocycles. The highest BCUT2D eigenvalue weighted by atomic mass is 14.9. The van der Waals surface area contributed by atoms with Crippen LogP contribution in [-0.4, -0.2) is 19.9 Å². The lowest BCUT2D eigenvalue weighted by Crippen LogP contribution is -1.97. The number of hydrogen-bond acceptors (Lipinski definition) is 4. The average Bonchev–Trinajstić information content (AvgIpc) is 3.39. The summed E-state index contributed by atoms with van der Waals surface area (Å²) >= 11 is 0. The molecule has 0 aromatic carbocycles. The minimum absolute atomic E-state index is 0.710. The summed E-state index contributed by atoms with van der Waals surface area (Å²) in [6.45, 7) is 0. The molecule has 0 bridgehead atoms. The van der Waals surface area contributed by atoms with E-state index in [4.69, 9.17) is 22.9 Å². The summed E-state index contributed by atoms with van der Waals surface area (Å²) in [5, 5.41) is 0. The summed E-state index contributed by atoms with van der Waals surface area (Å²) in [4.78, 5) is 13.4. The normalized spacial score (nSPS) is 13.7. The number of nitrogen functional groups attached to an aromatic ring is 4. The molecular formula is C18H18N8. The van der Waals surface area contributed by atoms with Crippen molar-refractivity contribution >= 4 is 22.7 Å². The van der Waals surface area contributed by atoms with Crippen LogP contribution in [0.3, 0.4) is 0 Å². The molecule has 12 N–H and O–H groups in total. The highest BCUT2D eigenvalue weighted by Crippen LogP contribution is 2.49. The lowest BCUT2D eigenvalue weighted by Gasteiger charge is -2.04. The van der Waals surface area contributed by atoms with Gasteiger partial charge in [0, 0.05) is 47.5 Å². The monoisotopic (exact) mass is 346 g/mol. The third kappa shape index (κ3) is 1.37. The van der Waals surface area contributed by atoms with Crippen LogP contribution in [0.1, 0.15) is 22.3 Å². The molecule has 130 valence electrons. The second-order valence-corrected chi connectivity index (χ2v) is 7.08. The molecule has 4 aromatic rings. The molecule has 2 aliphatic carbocycles. The topological polar surface area (TPSA) is 167 Å². The first-order valence-electron chi connectivity index (χ1n) is 8.47. The Morgan fingerprint density at radius 2 is 0.962 bits per heavy atom. The van der Waals surface area contributed by atoms with Crippen molar-refractivity contribution in [2.24, 2.45) is 0 Å². The van der Waals surface area contributed by atoms with Gasteiger partial charge in [-0.1, -0.05) is 0 Å². The van der Waals surface area contributed by atoms with Crippen molar-refractivity contribution in [3.8, 4) is 34.2 Å². The second-order valence-electron chi connectivity index (χ2n) is 7.08. The summed E-state index contributed by atoms with van der Waals surface area (Å²) < 4.78 is 0. The maximum Gasteiger partial charge on any atom is 0.0882 e. The second kappa shape index (κ2) is 4.10. The average molecular weight is 346 g/mol. The Morgan fingerprint density at radius 3 is 1.38 bits per heavy atom. The van der Waals surface area contributed by atoms with Crippen molar-refractivity contribution in [2.75, 3.05) is 22.9 Å². The summed E-state index contributed by atoms with van der Waals surface area (Å²) in [6.07, 6.45) is 5.08. The number of rotatable bonds is 1. The van der Waals surface area contributed by atoms with Crippen molar-refractivity contribution < 1.29 is 0 Å². The number of anilines is 4. The predicted octanol–water partition coefficient (Wildman–Crippen LogP) is 2.14. The zero-order valence-corrected chi connectivity index (χ0v) is 13.9. The van der Waals surface area contributed by atoms with E-state index in [0.29, 0.717) is 11.4 Å². The first kappa shape index (κ1) is 13.6. The largest absolute Gasteiger partial charge is 0.397 e.